The first-order chi connectivity index (χ1) is 15.4. The molecule has 1 aromatic carbocycles. The molecule has 2 unspecified atom stereocenters. The van der Waals surface area contributed by atoms with Gasteiger partial charge in [0.05, 0.1) is 41.9 Å². The van der Waals surface area contributed by atoms with E-state index in [9.17, 15) is 9.59 Å². The second kappa shape index (κ2) is 7.89. The third-order valence-electron chi connectivity index (χ3n) is 6.81. The Balaban J connectivity index is 1.59. The number of nitrogens with zero attached hydrogens (tertiary/aromatic N) is 3. The number of rotatable bonds is 4. The predicted molar refractivity (Wildman–Crippen MR) is 120 cm³/mol. The van der Waals surface area contributed by atoms with Gasteiger partial charge in [-0.15, -0.1) is 0 Å². The molecule has 7 nitrogen and oxygen atoms in total. The molecule has 0 N–H and O–H groups in total. The van der Waals surface area contributed by atoms with E-state index in [-0.39, 0.29) is 24.5 Å². The Morgan fingerprint density at radius 1 is 1.16 bits per heavy atom. The number of benzene rings is 1. The molecule has 2 aromatic rings. The van der Waals surface area contributed by atoms with Crippen molar-refractivity contribution in [3.63, 3.8) is 0 Å². The molecule has 0 saturated carbocycles. The number of anilines is 1. The van der Waals surface area contributed by atoms with Gasteiger partial charge in [0.25, 0.3) is 5.91 Å². The Labute approximate surface area is 188 Å². The summed E-state index contributed by atoms with van der Waals surface area (Å²) in [5.41, 5.74) is 2.79. The highest BCUT2D eigenvalue weighted by molar-refractivity contribution is 6.06. The van der Waals surface area contributed by atoms with Gasteiger partial charge in [-0.2, -0.15) is 0 Å². The number of pyridine rings is 1. The van der Waals surface area contributed by atoms with Crippen LogP contribution in [0.4, 0.5) is 5.69 Å². The number of hydrogen-bond donors (Lipinski definition) is 0. The Hall–Kier alpha value is -2.93. The standard InChI is InChI=1S/C25H29N3O4/c1-16(2)21-20(27-9-11-31-12-10-27)14-19-22(26-21)25(3)24(30)32-15-18(28(25)23(19)29)13-17-7-5-4-6-8-17/h4-8,14,16,18H,9-13,15H2,1-3H3. The second-order valence-electron chi connectivity index (χ2n) is 9.23. The topological polar surface area (TPSA) is 72.0 Å². The number of fused-ring (bicyclic) bond motifs is 3. The van der Waals surface area contributed by atoms with Gasteiger partial charge < -0.3 is 19.3 Å². The third-order valence-corrected chi connectivity index (χ3v) is 6.81. The van der Waals surface area contributed by atoms with Crippen LogP contribution in [-0.4, -0.2) is 60.7 Å². The Bertz CT molecular complexity index is 1050. The molecule has 0 bridgehead atoms. The van der Waals surface area contributed by atoms with E-state index in [1.54, 1.807) is 11.8 Å². The van der Waals surface area contributed by atoms with Crippen LogP contribution in [0, 0.1) is 0 Å². The molecule has 168 valence electrons. The summed E-state index contributed by atoms with van der Waals surface area (Å²) in [6.07, 6.45) is 0.622. The van der Waals surface area contributed by atoms with E-state index >= 15 is 0 Å². The van der Waals surface area contributed by atoms with Gasteiger partial charge in [0.1, 0.15) is 6.61 Å². The van der Waals surface area contributed by atoms with Crippen molar-refractivity contribution in [1.29, 1.82) is 0 Å². The van der Waals surface area contributed by atoms with Crippen LogP contribution in [0.25, 0.3) is 0 Å². The third kappa shape index (κ3) is 3.18. The number of morpholine rings is 2. The van der Waals surface area contributed by atoms with Gasteiger partial charge in [0.2, 0.25) is 0 Å². The summed E-state index contributed by atoms with van der Waals surface area (Å²) in [5, 5.41) is 0. The predicted octanol–water partition coefficient (Wildman–Crippen LogP) is 2.88. The van der Waals surface area contributed by atoms with Crippen molar-refractivity contribution in [3.05, 3.63) is 58.9 Å². The molecule has 1 aromatic heterocycles. The summed E-state index contributed by atoms with van der Waals surface area (Å²) in [6, 6.07) is 11.7. The monoisotopic (exact) mass is 435 g/mol. The van der Waals surface area contributed by atoms with Crippen LogP contribution >= 0.6 is 0 Å². The fourth-order valence-electron chi connectivity index (χ4n) is 5.13. The van der Waals surface area contributed by atoms with Crippen LogP contribution in [-0.2, 0) is 26.2 Å². The molecule has 2 saturated heterocycles. The van der Waals surface area contributed by atoms with Crippen molar-refractivity contribution in [3.8, 4) is 0 Å². The molecule has 7 heteroatoms. The van der Waals surface area contributed by atoms with Crippen LogP contribution < -0.4 is 4.90 Å². The maximum Gasteiger partial charge on any atom is 0.338 e. The minimum Gasteiger partial charge on any atom is -0.461 e. The maximum absolute atomic E-state index is 13.7. The Morgan fingerprint density at radius 3 is 2.56 bits per heavy atom. The first-order valence-corrected chi connectivity index (χ1v) is 11.3. The summed E-state index contributed by atoms with van der Waals surface area (Å²) >= 11 is 0. The minimum atomic E-state index is -1.21. The van der Waals surface area contributed by atoms with E-state index in [1.807, 2.05) is 36.4 Å². The molecule has 5 rings (SSSR count). The number of hydrogen-bond acceptors (Lipinski definition) is 6. The van der Waals surface area contributed by atoms with Gasteiger partial charge in [0.15, 0.2) is 5.54 Å². The molecule has 0 aliphatic carbocycles. The fourth-order valence-corrected chi connectivity index (χ4v) is 5.13. The van der Waals surface area contributed by atoms with Crippen molar-refractivity contribution in [2.24, 2.45) is 0 Å². The zero-order chi connectivity index (χ0) is 22.5. The van der Waals surface area contributed by atoms with Gasteiger partial charge >= 0.3 is 5.97 Å². The highest BCUT2D eigenvalue weighted by Gasteiger charge is 2.59. The molecule has 1 amide bonds. The summed E-state index contributed by atoms with van der Waals surface area (Å²) in [6.45, 7) is 8.97. The van der Waals surface area contributed by atoms with E-state index in [2.05, 4.69) is 18.7 Å². The van der Waals surface area contributed by atoms with Crippen LogP contribution in [0.5, 0.6) is 0 Å². The maximum atomic E-state index is 13.7. The SMILES string of the molecule is CC(C)c1nc2c(cc1N1CCOCC1)C(=O)N1C(Cc3ccccc3)COC(=O)C21C. The van der Waals surface area contributed by atoms with Crippen LogP contribution in [0.2, 0.25) is 0 Å². The lowest BCUT2D eigenvalue weighted by molar-refractivity contribution is -0.169. The van der Waals surface area contributed by atoms with Crippen molar-refractivity contribution < 1.29 is 19.1 Å². The molecule has 2 fully saturated rings. The van der Waals surface area contributed by atoms with E-state index in [1.165, 1.54) is 0 Å². The number of cyclic esters (lactones) is 1. The summed E-state index contributed by atoms with van der Waals surface area (Å²) in [5.74, 6) is -0.404. The van der Waals surface area contributed by atoms with Crippen LogP contribution in [0.1, 0.15) is 54.0 Å². The highest BCUT2D eigenvalue weighted by Crippen LogP contribution is 2.45. The minimum absolute atomic E-state index is 0.141. The number of esters is 1. The normalized spacial score (nSPS) is 25.1. The van der Waals surface area contributed by atoms with Gasteiger partial charge in [-0.1, -0.05) is 44.2 Å². The molecule has 0 spiro atoms. The Kier molecular flexibility index (Phi) is 5.16. The van der Waals surface area contributed by atoms with Crippen LogP contribution in [0.3, 0.4) is 0 Å². The highest BCUT2D eigenvalue weighted by atomic mass is 16.5. The average Bonchev–Trinajstić information content (AvgIpc) is 3.04. The van der Waals surface area contributed by atoms with Crippen molar-refractivity contribution in [2.75, 3.05) is 37.8 Å². The smallest absolute Gasteiger partial charge is 0.338 e. The molecule has 3 aliphatic rings. The summed E-state index contributed by atoms with van der Waals surface area (Å²) in [4.78, 5) is 35.8. The van der Waals surface area contributed by atoms with Gasteiger partial charge in [-0.05, 0) is 30.9 Å². The lowest BCUT2D eigenvalue weighted by Crippen LogP contribution is -2.59. The van der Waals surface area contributed by atoms with Crippen molar-refractivity contribution >= 4 is 17.6 Å². The van der Waals surface area contributed by atoms with Gasteiger partial charge in [-0.3, -0.25) is 9.78 Å². The van der Waals surface area contributed by atoms with Crippen molar-refractivity contribution in [2.45, 2.75) is 44.7 Å². The second-order valence-corrected chi connectivity index (χ2v) is 9.23. The molecule has 3 aliphatic heterocycles. The zero-order valence-electron chi connectivity index (χ0n) is 18.8. The number of ether oxygens (including phenoxy) is 2. The largest absolute Gasteiger partial charge is 0.461 e. The van der Waals surface area contributed by atoms with Gasteiger partial charge in [-0.25, -0.2) is 4.79 Å². The quantitative estimate of drug-likeness (QED) is 0.688. The number of amides is 1. The van der Waals surface area contributed by atoms with E-state index in [0.717, 1.165) is 30.0 Å². The first-order valence-electron chi connectivity index (χ1n) is 11.3. The zero-order valence-corrected chi connectivity index (χ0v) is 18.8. The number of aromatic nitrogens is 1. The first kappa shape index (κ1) is 20.9. The molecule has 32 heavy (non-hydrogen) atoms. The molecule has 4 heterocycles. The van der Waals surface area contributed by atoms with E-state index in [0.29, 0.717) is 30.9 Å². The molecule has 0 radical (unpaired) electrons. The number of carbonyl (C=O) groups is 2. The average molecular weight is 436 g/mol. The van der Waals surface area contributed by atoms with E-state index < -0.39 is 11.5 Å². The number of carbonyl (C=O) groups excluding carboxylic acids is 2. The Morgan fingerprint density at radius 2 is 1.88 bits per heavy atom. The molecular weight excluding hydrogens is 406 g/mol. The fraction of sp³-hybridized carbons (Fsp3) is 0.480. The van der Waals surface area contributed by atoms with Crippen molar-refractivity contribution in [1.82, 2.24) is 9.88 Å². The summed E-state index contributed by atoms with van der Waals surface area (Å²) in [7, 11) is 0. The van der Waals surface area contributed by atoms with E-state index in [4.69, 9.17) is 14.5 Å². The molecule has 2 atom stereocenters. The van der Waals surface area contributed by atoms with Crippen LogP contribution in [0.15, 0.2) is 36.4 Å². The lowest BCUT2D eigenvalue weighted by atomic mass is 9.91. The lowest BCUT2D eigenvalue weighted by Gasteiger charge is -2.43. The molecular formula is C25H29N3O4. The van der Waals surface area contributed by atoms with Gasteiger partial charge in [0, 0.05) is 13.1 Å². The summed E-state index contributed by atoms with van der Waals surface area (Å²) < 4.78 is 11.1.